The number of likely N-dealkylation sites (N-methyl/N-ethyl adjacent to an activating group) is 1. The summed E-state index contributed by atoms with van der Waals surface area (Å²) in [4.78, 5) is 11.8. The summed E-state index contributed by atoms with van der Waals surface area (Å²) in [6.45, 7) is 0. The van der Waals surface area contributed by atoms with Crippen molar-refractivity contribution in [1.82, 2.24) is 5.01 Å². The molecule has 1 aliphatic heterocycles. The zero-order valence-corrected chi connectivity index (χ0v) is 9.25. The van der Waals surface area contributed by atoms with Crippen molar-refractivity contribution in [2.24, 2.45) is 5.22 Å². The number of carbonyl (C=O) groups excluding carboxylic acids is 1. The smallest absolute Gasteiger partial charge is 0.381 e. The van der Waals surface area contributed by atoms with Gasteiger partial charge in [0.1, 0.15) is 18.6 Å². The van der Waals surface area contributed by atoms with E-state index in [1.807, 2.05) is 0 Å². The van der Waals surface area contributed by atoms with Crippen molar-refractivity contribution in [2.75, 3.05) is 14.2 Å². The van der Waals surface area contributed by atoms with Gasteiger partial charge in [0.25, 0.3) is 6.04 Å². The molecule has 0 bridgehead atoms. The van der Waals surface area contributed by atoms with Gasteiger partial charge in [-0.05, 0) is 12.1 Å². The van der Waals surface area contributed by atoms with Crippen LogP contribution < -0.4 is 4.74 Å². The second kappa shape index (κ2) is 4.00. The number of methoxy groups -OCH3 is 1. The lowest BCUT2D eigenvalue weighted by Crippen LogP contribution is -2.23. The number of hydrogen-bond acceptors (Lipinski definition) is 4. The number of halogens is 1. The molecule has 2 rings (SSSR count). The fourth-order valence-corrected chi connectivity index (χ4v) is 1.61. The highest BCUT2D eigenvalue weighted by atomic mass is 19.1. The van der Waals surface area contributed by atoms with E-state index in [0.29, 0.717) is 5.75 Å². The van der Waals surface area contributed by atoms with Gasteiger partial charge in [0.2, 0.25) is 0 Å². The first-order valence-electron chi connectivity index (χ1n) is 4.83. The molecule has 1 aromatic rings. The molecule has 6 nitrogen and oxygen atoms in total. The zero-order chi connectivity index (χ0) is 12.6. The van der Waals surface area contributed by atoms with E-state index in [9.17, 15) is 14.4 Å². The molecule has 0 saturated carbocycles. The average molecular weight is 239 g/mol. The van der Waals surface area contributed by atoms with Crippen molar-refractivity contribution in [2.45, 2.75) is 6.04 Å². The van der Waals surface area contributed by atoms with Crippen LogP contribution in [0.4, 0.5) is 4.39 Å². The number of carbonyl (C=O) groups is 1. The topological polar surface area (TPSA) is 68.0 Å². The third kappa shape index (κ3) is 1.79. The van der Waals surface area contributed by atoms with Crippen LogP contribution in [0.3, 0.4) is 0 Å². The Morgan fingerprint density at radius 3 is 2.76 bits per heavy atom. The second-order valence-corrected chi connectivity index (χ2v) is 3.54. The number of rotatable bonds is 2. The minimum atomic E-state index is -1.26. The van der Waals surface area contributed by atoms with Crippen LogP contribution in [-0.2, 0) is 4.79 Å². The Morgan fingerprint density at radius 2 is 2.29 bits per heavy atom. The maximum atomic E-state index is 13.7. The largest absolute Gasteiger partial charge is 0.695 e. The number of nitrogens with zero attached hydrogens (tertiary/aromatic N) is 3. The second-order valence-electron chi connectivity index (χ2n) is 3.54. The van der Waals surface area contributed by atoms with Crippen LogP contribution in [0.25, 0.3) is 0 Å². The maximum Gasteiger partial charge on any atom is 0.381 e. The number of ether oxygens (including phenoxy) is 1. The van der Waals surface area contributed by atoms with Gasteiger partial charge in [-0.15, -0.1) is 9.87 Å². The fraction of sp³-hybridized carbons (Fsp3) is 0.300. The van der Waals surface area contributed by atoms with Crippen LogP contribution in [-0.4, -0.2) is 29.9 Å². The van der Waals surface area contributed by atoms with Crippen molar-refractivity contribution >= 4 is 5.91 Å². The molecular formula is C10H10FN3O3. The molecule has 1 aliphatic rings. The highest BCUT2D eigenvalue weighted by Gasteiger charge is 2.41. The van der Waals surface area contributed by atoms with Crippen LogP contribution in [0.15, 0.2) is 23.4 Å². The van der Waals surface area contributed by atoms with Gasteiger partial charge in [0.05, 0.1) is 12.3 Å². The third-order valence-corrected chi connectivity index (χ3v) is 2.50. The third-order valence-electron chi connectivity index (χ3n) is 2.50. The molecule has 7 heteroatoms. The van der Waals surface area contributed by atoms with E-state index in [1.165, 1.54) is 26.3 Å². The van der Waals surface area contributed by atoms with Gasteiger partial charge < -0.3 is 9.94 Å². The molecule has 1 unspecified atom stereocenters. The molecule has 0 aromatic heterocycles. The summed E-state index contributed by atoms with van der Waals surface area (Å²) < 4.78 is 18.5. The first-order valence-corrected chi connectivity index (χ1v) is 4.83. The van der Waals surface area contributed by atoms with E-state index in [0.717, 1.165) is 11.1 Å². The minimum Gasteiger partial charge on any atom is -0.695 e. The molecule has 1 heterocycles. The minimum absolute atomic E-state index is 0.0149. The predicted octanol–water partition coefficient (Wildman–Crippen LogP) is 1.22. The highest BCUT2D eigenvalue weighted by molar-refractivity contribution is 5.82. The molecule has 0 N–H and O–H groups in total. The van der Waals surface area contributed by atoms with Crippen molar-refractivity contribution in [3.05, 3.63) is 34.8 Å². The van der Waals surface area contributed by atoms with E-state index in [-0.39, 0.29) is 10.4 Å². The quantitative estimate of drug-likeness (QED) is 0.575. The van der Waals surface area contributed by atoms with Crippen molar-refractivity contribution in [3.8, 4) is 5.75 Å². The van der Waals surface area contributed by atoms with Crippen LogP contribution in [0.1, 0.15) is 11.6 Å². The summed E-state index contributed by atoms with van der Waals surface area (Å²) in [5.74, 6) is -0.919. The number of hydroxylamine groups is 1. The lowest BCUT2D eigenvalue weighted by atomic mass is 10.1. The molecule has 0 radical (unpaired) electrons. The Kier molecular flexibility index (Phi) is 2.66. The summed E-state index contributed by atoms with van der Waals surface area (Å²) in [6, 6.07) is 2.69. The van der Waals surface area contributed by atoms with E-state index < -0.39 is 17.8 Å². The Bertz CT molecular complexity index is 504. The Morgan fingerprint density at radius 1 is 1.59 bits per heavy atom. The van der Waals surface area contributed by atoms with Gasteiger partial charge in [-0.3, -0.25) is 0 Å². The van der Waals surface area contributed by atoms with Crippen molar-refractivity contribution in [3.63, 3.8) is 0 Å². The van der Waals surface area contributed by atoms with Gasteiger partial charge in [0.15, 0.2) is 0 Å². The molecule has 1 aromatic carbocycles. The van der Waals surface area contributed by atoms with Gasteiger partial charge in [-0.2, -0.15) is 0 Å². The summed E-state index contributed by atoms with van der Waals surface area (Å²) in [5, 5.41) is 15.7. The molecule has 1 amide bonds. The van der Waals surface area contributed by atoms with Crippen molar-refractivity contribution < 1.29 is 18.8 Å². The monoisotopic (exact) mass is 239 g/mol. The summed E-state index contributed by atoms with van der Waals surface area (Å²) in [5.41, 5.74) is -0.0149. The van der Waals surface area contributed by atoms with Crippen LogP contribution in [0.2, 0.25) is 0 Å². The SMILES string of the molecule is COc1ccc(C2C(=O)N(C)N=[N+]2[O-])c(F)c1. The lowest BCUT2D eigenvalue weighted by Gasteiger charge is -2.11. The Balaban J connectivity index is 2.42. The zero-order valence-electron chi connectivity index (χ0n) is 9.25. The molecule has 90 valence electrons. The molecule has 0 aliphatic carbocycles. The van der Waals surface area contributed by atoms with E-state index in [2.05, 4.69) is 5.22 Å². The lowest BCUT2D eigenvalue weighted by molar-refractivity contribution is -0.555. The highest BCUT2D eigenvalue weighted by Crippen LogP contribution is 2.28. The molecule has 17 heavy (non-hydrogen) atoms. The predicted molar refractivity (Wildman–Crippen MR) is 54.5 cm³/mol. The first-order chi connectivity index (χ1) is 8.04. The van der Waals surface area contributed by atoms with Crippen LogP contribution in [0, 0.1) is 11.0 Å². The molecule has 0 spiro atoms. The van der Waals surface area contributed by atoms with Gasteiger partial charge in [0, 0.05) is 11.6 Å². The maximum absolute atomic E-state index is 13.7. The number of benzene rings is 1. The van der Waals surface area contributed by atoms with Gasteiger partial charge in [-0.1, -0.05) is 0 Å². The summed E-state index contributed by atoms with van der Waals surface area (Å²) in [6.07, 6.45) is 0. The molecule has 0 saturated heterocycles. The normalized spacial score (nSPS) is 19.5. The summed E-state index contributed by atoms with van der Waals surface area (Å²) in [7, 11) is 2.74. The van der Waals surface area contributed by atoms with E-state index in [1.54, 1.807) is 0 Å². The Hall–Kier alpha value is -2.18. The standard InChI is InChI=1S/C10H10FN3O3/c1-13-10(15)9(14(16)12-13)7-4-3-6(17-2)5-8(7)11/h3-5,9H,1-2H3. The number of amides is 1. The Labute approximate surface area is 96.5 Å². The summed E-state index contributed by atoms with van der Waals surface area (Å²) >= 11 is 0. The van der Waals surface area contributed by atoms with Crippen molar-refractivity contribution in [1.29, 1.82) is 0 Å². The number of hydrogen-bond donors (Lipinski definition) is 0. The fourth-order valence-electron chi connectivity index (χ4n) is 1.61. The van der Waals surface area contributed by atoms with E-state index >= 15 is 0 Å². The van der Waals surface area contributed by atoms with Crippen LogP contribution >= 0.6 is 0 Å². The first kappa shape index (κ1) is 11.3. The van der Waals surface area contributed by atoms with Gasteiger partial charge in [-0.25, -0.2) is 9.18 Å². The van der Waals surface area contributed by atoms with Crippen LogP contribution in [0.5, 0.6) is 5.75 Å². The average Bonchev–Trinajstić information content (AvgIpc) is 2.54. The molecular weight excluding hydrogens is 229 g/mol. The molecule has 0 fully saturated rings. The molecule has 1 atom stereocenters. The van der Waals surface area contributed by atoms with Gasteiger partial charge >= 0.3 is 5.91 Å². The van der Waals surface area contributed by atoms with E-state index in [4.69, 9.17) is 4.74 Å².